The topological polar surface area (TPSA) is 95.9 Å². The van der Waals surface area contributed by atoms with E-state index in [1.807, 2.05) is 6.08 Å². The lowest BCUT2D eigenvalue weighted by Gasteiger charge is -2.20. The minimum Gasteiger partial charge on any atom is -0.466 e. The molecular weight excluding hydrogens is 803 g/mol. The second-order valence-corrected chi connectivity index (χ2v) is 20.0. The Bertz CT molecular complexity index is 1010. The normalized spacial score (nSPS) is 12.7. The van der Waals surface area contributed by atoms with Crippen molar-refractivity contribution in [2.45, 2.75) is 328 Å². The molecule has 2 unspecified atom stereocenters. The van der Waals surface area contributed by atoms with Crippen LogP contribution in [-0.4, -0.2) is 47.4 Å². The van der Waals surface area contributed by atoms with Crippen molar-refractivity contribution in [1.82, 2.24) is 5.32 Å². The van der Waals surface area contributed by atoms with Crippen molar-refractivity contribution < 1.29 is 24.5 Å². The lowest BCUT2D eigenvalue weighted by Crippen LogP contribution is -2.45. The molecule has 1 amide bonds. The molecular formula is C59H113NO5. The van der Waals surface area contributed by atoms with E-state index in [0.29, 0.717) is 19.4 Å². The summed E-state index contributed by atoms with van der Waals surface area (Å²) in [5, 5.41) is 23.2. The van der Waals surface area contributed by atoms with Gasteiger partial charge in [0.15, 0.2) is 0 Å². The number of esters is 1. The Morgan fingerprint density at radius 2 is 0.723 bits per heavy atom. The minimum atomic E-state index is -0.852. The van der Waals surface area contributed by atoms with E-state index in [0.717, 1.165) is 57.8 Å². The van der Waals surface area contributed by atoms with Crippen LogP contribution in [0.5, 0.6) is 0 Å². The molecule has 384 valence electrons. The first-order chi connectivity index (χ1) is 32.0. The van der Waals surface area contributed by atoms with Gasteiger partial charge in [0.1, 0.15) is 0 Å². The summed E-state index contributed by atoms with van der Waals surface area (Å²) in [4.78, 5) is 24.5. The van der Waals surface area contributed by atoms with Gasteiger partial charge in [-0.25, -0.2) is 0 Å². The van der Waals surface area contributed by atoms with E-state index in [-0.39, 0.29) is 18.5 Å². The number of nitrogens with one attached hydrogen (secondary N) is 1. The van der Waals surface area contributed by atoms with Crippen LogP contribution in [0.25, 0.3) is 0 Å². The third-order valence-electron chi connectivity index (χ3n) is 13.5. The molecule has 0 saturated heterocycles. The fourth-order valence-corrected chi connectivity index (χ4v) is 8.98. The molecule has 0 spiro atoms. The predicted molar refractivity (Wildman–Crippen MR) is 283 cm³/mol. The van der Waals surface area contributed by atoms with E-state index >= 15 is 0 Å². The summed E-state index contributed by atoms with van der Waals surface area (Å²) in [5.41, 5.74) is 0. The summed E-state index contributed by atoms with van der Waals surface area (Å²) >= 11 is 0. The molecule has 0 rings (SSSR count). The maximum absolute atomic E-state index is 12.5. The number of aliphatic hydroxyl groups excluding tert-OH is 2. The molecule has 0 aromatic carbocycles. The quantitative estimate of drug-likeness (QED) is 0.0321. The zero-order valence-electron chi connectivity index (χ0n) is 43.7. The van der Waals surface area contributed by atoms with Gasteiger partial charge in [0.05, 0.1) is 25.4 Å². The van der Waals surface area contributed by atoms with Gasteiger partial charge >= 0.3 is 5.97 Å². The average molecular weight is 917 g/mol. The number of carbonyl (C=O) groups excluding carboxylic acids is 2. The first-order valence-corrected chi connectivity index (χ1v) is 29.1. The number of hydrogen-bond acceptors (Lipinski definition) is 5. The van der Waals surface area contributed by atoms with E-state index in [1.54, 1.807) is 6.08 Å². The lowest BCUT2D eigenvalue weighted by molar-refractivity contribution is -0.143. The van der Waals surface area contributed by atoms with Crippen LogP contribution in [0, 0.1) is 0 Å². The maximum atomic E-state index is 12.5. The van der Waals surface area contributed by atoms with Crippen LogP contribution in [-0.2, 0) is 14.3 Å². The number of ether oxygens (including phenoxy) is 1. The Kier molecular flexibility index (Phi) is 53.5. The largest absolute Gasteiger partial charge is 0.466 e. The van der Waals surface area contributed by atoms with E-state index < -0.39 is 12.1 Å². The van der Waals surface area contributed by atoms with Gasteiger partial charge in [0.25, 0.3) is 0 Å². The summed E-state index contributed by atoms with van der Waals surface area (Å²) in [6.07, 6.45) is 66.2. The van der Waals surface area contributed by atoms with Crippen LogP contribution in [0.1, 0.15) is 316 Å². The average Bonchev–Trinajstić information content (AvgIpc) is 3.31. The smallest absolute Gasteiger partial charge is 0.305 e. The fraction of sp³-hybridized carbons (Fsp3) is 0.898. The molecule has 0 heterocycles. The second-order valence-electron chi connectivity index (χ2n) is 20.0. The summed E-state index contributed by atoms with van der Waals surface area (Å²) in [7, 11) is 0. The first kappa shape index (κ1) is 63.3. The molecule has 0 bridgehead atoms. The summed E-state index contributed by atoms with van der Waals surface area (Å²) in [5.74, 6) is -0.0884. The van der Waals surface area contributed by atoms with Gasteiger partial charge in [0.2, 0.25) is 5.91 Å². The number of aliphatic hydroxyl groups is 2. The second kappa shape index (κ2) is 54.9. The Morgan fingerprint density at radius 1 is 0.415 bits per heavy atom. The lowest BCUT2D eigenvalue weighted by atomic mass is 10.0. The number of unbranched alkanes of at least 4 members (excludes halogenated alkanes) is 41. The van der Waals surface area contributed by atoms with Crippen molar-refractivity contribution in [2.75, 3.05) is 13.2 Å². The SMILES string of the molecule is CCCCCC/C=C\CCCCCCCC(=O)OCCCCCCCCCCCCCCCCC(=O)NC(CO)C(O)/C=C/CCCCCCCCCCCCCCCCCCCCC. The predicted octanol–water partition coefficient (Wildman–Crippen LogP) is 17.9. The van der Waals surface area contributed by atoms with Gasteiger partial charge in [-0.3, -0.25) is 9.59 Å². The van der Waals surface area contributed by atoms with Crippen LogP contribution in [0.4, 0.5) is 0 Å². The Balaban J connectivity index is 3.48. The number of amides is 1. The molecule has 65 heavy (non-hydrogen) atoms. The van der Waals surface area contributed by atoms with Crippen LogP contribution in [0.3, 0.4) is 0 Å². The number of carbonyl (C=O) groups is 2. The molecule has 0 aromatic heterocycles. The van der Waals surface area contributed by atoms with Gasteiger partial charge in [-0.15, -0.1) is 0 Å². The van der Waals surface area contributed by atoms with Crippen LogP contribution in [0.15, 0.2) is 24.3 Å². The highest BCUT2D eigenvalue weighted by Crippen LogP contribution is 2.17. The van der Waals surface area contributed by atoms with Crippen molar-refractivity contribution in [3.63, 3.8) is 0 Å². The fourth-order valence-electron chi connectivity index (χ4n) is 8.98. The van der Waals surface area contributed by atoms with Crippen molar-refractivity contribution in [2.24, 2.45) is 0 Å². The third-order valence-corrected chi connectivity index (χ3v) is 13.5. The molecule has 2 atom stereocenters. The Labute approximate surface area is 405 Å². The molecule has 6 nitrogen and oxygen atoms in total. The van der Waals surface area contributed by atoms with Crippen molar-refractivity contribution in [1.29, 1.82) is 0 Å². The summed E-state index contributed by atoms with van der Waals surface area (Å²) in [6.45, 7) is 4.88. The molecule has 3 N–H and O–H groups in total. The number of hydrogen-bond donors (Lipinski definition) is 3. The van der Waals surface area contributed by atoms with Gasteiger partial charge in [-0.05, 0) is 57.8 Å². The third kappa shape index (κ3) is 51.6. The molecule has 0 aliphatic carbocycles. The van der Waals surface area contributed by atoms with E-state index in [2.05, 4.69) is 31.3 Å². The number of rotatable bonds is 54. The monoisotopic (exact) mass is 916 g/mol. The van der Waals surface area contributed by atoms with Crippen molar-refractivity contribution >= 4 is 11.9 Å². The van der Waals surface area contributed by atoms with Gasteiger partial charge < -0.3 is 20.3 Å². The zero-order valence-corrected chi connectivity index (χ0v) is 43.7. The Hall–Kier alpha value is -1.66. The van der Waals surface area contributed by atoms with E-state index in [4.69, 9.17) is 4.74 Å². The molecule has 0 radical (unpaired) electrons. The number of allylic oxidation sites excluding steroid dienone is 3. The van der Waals surface area contributed by atoms with Crippen LogP contribution < -0.4 is 5.32 Å². The van der Waals surface area contributed by atoms with Crippen molar-refractivity contribution in [3.8, 4) is 0 Å². The first-order valence-electron chi connectivity index (χ1n) is 29.1. The maximum Gasteiger partial charge on any atom is 0.305 e. The summed E-state index contributed by atoms with van der Waals surface area (Å²) in [6, 6.07) is -0.636. The summed E-state index contributed by atoms with van der Waals surface area (Å²) < 4.78 is 5.46. The molecule has 0 aliphatic rings. The van der Waals surface area contributed by atoms with Crippen LogP contribution >= 0.6 is 0 Å². The standard InChI is InChI=1S/C59H113NO5/c1-3-5-7-9-11-13-15-17-18-19-20-21-22-23-24-28-31-35-39-43-47-51-57(62)56(55-61)60-58(63)52-48-44-40-36-32-29-25-26-30-34-38-42-46-50-54-65-59(64)53-49-45-41-37-33-27-16-14-12-10-8-6-4-2/h14,16,47,51,56-57,61-62H,3-13,15,17-46,48-50,52-55H2,1-2H3,(H,60,63)/b16-14-,51-47+. The van der Waals surface area contributed by atoms with Crippen LogP contribution in [0.2, 0.25) is 0 Å². The Morgan fingerprint density at radius 3 is 1.11 bits per heavy atom. The highest BCUT2D eigenvalue weighted by Gasteiger charge is 2.18. The molecule has 0 fully saturated rings. The molecule has 0 aliphatic heterocycles. The molecule has 0 saturated carbocycles. The van der Waals surface area contributed by atoms with Gasteiger partial charge in [-0.1, -0.05) is 269 Å². The van der Waals surface area contributed by atoms with E-state index in [9.17, 15) is 19.8 Å². The van der Waals surface area contributed by atoms with Gasteiger partial charge in [0, 0.05) is 12.8 Å². The molecule has 0 aromatic rings. The molecule has 6 heteroatoms. The minimum absolute atomic E-state index is 0.0122. The highest BCUT2D eigenvalue weighted by molar-refractivity contribution is 5.76. The van der Waals surface area contributed by atoms with E-state index in [1.165, 1.54) is 231 Å². The highest BCUT2D eigenvalue weighted by atomic mass is 16.5. The zero-order chi connectivity index (χ0) is 47.2. The van der Waals surface area contributed by atoms with Crippen molar-refractivity contribution in [3.05, 3.63) is 24.3 Å². The van der Waals surface area contributed by atoms with Gasteiger partial charge in [-0.2, -0.15) is 0 Å².